The summed E-state index contributed by atoms with van der Waals surface area (Å²) in [5.41, 5.74) is 3.61. The number of rotatable bonds is 8. The van der Waals surface area contributed by atoms with Gasteiger partial charge in [-0.1, -0.05) is 135 Å². The van der Waals surface area contributed by atoms with Crippen molar-refractivity contribution in [3.8, 4) is 11.1 Å². The third kappa shape index (κ3) is 9.80. The summed E-state index contributed by atoms with van der Waals surface area (Å²) in [6, 6.07) is 25.4. The summed E-state index contributed by atoms with van der Waals surface area (Å²) < 4.78 is 15.6. The summed E-state index contributed by atoms with van der Waals surface area (Å²) in [4.78, 5) is 26.2. The van der Waals surface area contributed by atoms with Crippen molar-refractivity contribution in [2.24, 2.45) is 5.92 Å². The Morgan fingerprint density at radius 1 is 0.750 bits per heavy atom. The predicted octanol–water partition coefficient (Wildman–Crippen LogP) is 5.10. The molecule has 2 atom stereocenters. The van der Waals surface area contributed by atoms with E-state index in [-0.39, 0.29) is 51.4 Å². The first-order chi connectivity index (χ1) is 19.9. The van der Waals surface area contributed by atoms with Gasteiger partial charge in [-0.05, 0) is 55.5 Å². The normalized spacial score (nSPS) is 14.9. The minimum atomic E-state index is -1.11. The van der Waals surface area contributed by atoms with E-state index in [9.17, 15) is 9.59 Å². The van der Waals surface area contributed by atoms with Crippen LogP contribution in [-0.4, -0.2) is 47.2 Å². The van der Waals surface area contributed by atoms with Crippen molar-refractivity contribution in [1.29, 1.82) is 0 Å². The smallest absolute Gasteiger partial charge is 0.668 e. The molecule has 1 unspecified atom stereocenters. The maximum Gasteiger partial charge on any atom is 1.00 e. The third-order valence-electron chi connectivity index (χ3n) is 6.94. The molecule has 6 nitrogen and oxygen atoms in total. The Morgan fingerprint density at radius 2 is 1.18 bits per heavy atom. The molecule has 0 aliphatic heterocycles. The van der Waals surface area contributed by atoms with Gasteiger partial charge in [0, 0.05) is 0 Å². The molecule has 232 valence electrons. The van der Waals surface area contributed by atoms with E-state index < -0.39 is 51.5 Å². The standard InChI is InChI=1S/C29H31NO4.C6H18NSi2.K/c1-19(26(31)33-5)25(27(32)34-28(2,3)4)30-29(20-13-7-6-8-14-20)23-17-11-9-15-21(23)22-16-10-12-18-24(22)29;1-8(2,3)7-9(4,5)6;/h6-19,25,30H,1-5H3;1-6H3;/q;-1;+1/t19?,25-;;/m0../s1. The first-order valence-electron chi connectivity index (χ1n) is 15.0. The molecule has 0 aromatic heterocycles. The van der Waals surface area contributed by atoms with Crippen LogP contribution in [0, 0.1) is 5.92 Å². The summed E-state index contributed by atoms with van der Waals surface area (Å²) in [5, 5.41) is 3.62. The van der Waals surface area contributed by atoms with Gasteiger partial charge in [0.05, 0.1) is 18.6 Å². The summed E-state index contributed by atoms with van der Waals surface area (Å²) in [7, 11) is -0.880. The summed E-state index contributed by atoms with van der Waals surface area (Å²) >= 11 is 0. The van der Waals surface area contributed by atoms with Crippen LogP contribution in [0.4, 0.5) is 0 Å². The van der Waals surface area contributed by atoms with Crippen LogP contribution >= 0.6 is 0 Å². The molecule has 0 saturated heterocycles. The average molecular weight is 657 g/mol. The van der Waals surface area contributed by atoms with Crippen molar-refractivity contribution in [3.05, 3.63) is 100 Å². The molecule has 0 radical (unpaired) electrons. The quantitative estimate of drug-likeness (QED) is 0.270. The number of nitrogens with one attached hydrogen (secondary N) is 1. The zero-order valence-electron chi connectivity index (χ0n) is 28.7. The minimum Gasteiger partial charge on any atom is -0.668 e. The van der Waals surface area contributed by atoms with Gasteiger partial charge in [0.2, 0.25) is 0 Å². The maximum atomic E-state index is 13.5. The van der Waals surface area contributed by atoms with Crippen molar-refractivity contribution in [2.75, 3.05) is 7.11 Å². The van der Waals surface area contributed by atoms with E-state index in [4.69, 9.17) is 14.1 Å². The van der Waals surface area contributed by atoms with Gasteiger partial charge in [0.15, 0.2) is 0 Å². The Labute approximate surface area is 309 Å². The molecule has 1 aliphatic carbocycles. The Balaban J connectivity index is 0.000000589. The maximum absolute atomic E-state index is 13.5. The fraction of sp³-hybridized carbons (Fsp3) is 0.429. The summed E-state index contributed by atoms with van der Waals surface area (Å²) in [5.74, 6) is -1.76. The van der Waals surface area contributed by atoms with Gasteiger partial charge < -0.3 is 14.1 Å². The van der Waals surface area contributed by atoms with Crippen LogP contribution in [0.1, 0.15) is 44.4 Å². The molecular weight excluding hydrogens is 608 g/mol. The van der Waals surface area contributed by atoms with E-state index in [1.165, 1.54) is 7.11 Å². The van der Waals surface area contributed by atoms with Gasteiger partial charge >= 0.3 is 63.3 Å². The van der Waals surface area contributed by atoms with Gasteiger partial charge in [-0.25, -0.2) is 0 Å². The van der Waals surface area contributed by atoms with Crippen molar-refractivity contribution >= 4 is 28.4 Å². The topological polar surface area (TPSA) is 78.7 Å². The Kier molecular flexibility index (Phi) is 13.6. The molecule has 4 rings (SSSR count). The zero-order chi connectivity index (χ0) is 32.2. The van der Waals surface area contributed by atoms with E-state index in [1.807, 2.05) is 75.4 Å². The van der Waals surface area contributed by atoms with E-state index in [2.05, 4.69) is 68.9 Å². The molecule has 0 saturated carbocycles. The van der Waals surface area contributed by atoms with E-state index >= 15 is 0 Å². The van der Waals surface area contributed by atoms with Gasteiger partial charge in [-0.15, -0.1) is 0 Å². The molecule has 44 heavy (non-hydrogen) atoms. The third-order valence-corrected chi connectivity index (χ3v) is 12.3. The van der Waals surface area contributed by atoms with Crippen LogP contribution in [0.5, 0.6) is 0 Å². The molecule has 0 fully saturated rings. The van der Waals surface area contributed by atoms with Crippen LogP contribution in [0.15, 0.2) is 78.9 Å². The SMILES string of the molecule is COC(=O)C(C)[C@H](NC1(c2ccccc2)c2ccccc2-c2ccccc21)C(=O)OC(C)(C)C.C[Si](C)(C)[N-][Si](C)(C)C.[K+]. The monoisotopic (exact) mass is 656 g/mol. The number of ether oxygens (including phenoxy) is 2. The van der Waals surface area contributed by atoms with E-state index in [0.29, 0.717) is 0 Å². The van der Waals surface area contributed by atoms with Crippen molar-refractivity contribution in [1.82, 2.24) is 5.32 Å². The Bertz CT molecular complexity index is 1350. The number of carbonyl (C=O) groups excluding carboxylic acids is 2. The van der Waals surface area contributed by atoms with Crippen molar-refractivity contribution < 1.29 is 70.4 Å². The van der Waals surface area contributed by atoms with Crippen LogP contribution in [-0.2, 0) is 24.6 Å². The second kappa shape index (κ2) is 15.5. The van der Waals surface area contributed by atoms with Crippen LogP contribution < -0.4 is 56.7 Å². The second-order valence-corrected chi connectivity index (χ2v) is 23.7. The number of methoxy groups -OCH3 is 1. The van der Waals surface area contributed by atoms with Gasteiger partial charge in [0.1, 0.15) is 11.6 Å². The predicted molar refractivity (Wildman–Crippen MR) is 182 cm³/mol. The number of benzene rings is 3. The second-order valence-electron chi connectivity index (χ2n) is 14.1. The van der Waals surface area contributed by atoms with Crippen LogP contribution in [0.25, 0.3) is 15.8 Å². The van der Waals surface area contributed by atoms with Gasteiger partial charge in [0.25, 0.3) is 0 Å². The first-order valence-corrected chi connectivity index (χ1v) is 21.9. The Hall–Kier alpha value is -1.41. The molecule has 0 bridgehead atoms. The molecule has 0 amide bonds. The van der Waals surface area contributed by atoms with E-state index in [0.717, 1.165) is 27.8 Å². The van der Waals surface area contributed by atoms with Gasteiger partial charge in [-0.3, -0.25) is 14.9 Å². The number of nitrogens with zero attached hydrogens (tertiary/aromatic N) is 1. The van der Waals surface area contributed by atoms with Crippen LogP contribution in [0.3, 0.4) is 0 Å². The average Bonchev–Trinajstić information content (AvgIpc) is 3.19. The zero-order valence-corrected chi connectivity index (χ0v) is 33.9. The molecule has 1 N–H and O–H groups in total. The number of carbonyl (C=O) groups is 2. The van der Waals surface area contributed by atoms with E-state index in [1.54, 1.807) is 6.92 Å². The molecule has 3 aromatic carbocycles. The first kappa shape index (κ1) is 38.8. The molecular formula is C35H49KN2O4Si2. The molecule has 0 spiro atoms. The number of hydrogen-bond donors (Lipinski definition) is 1. The minimum absolute atomic E-state index is 0. The molecule has 1 aliphatic rings. The fourth-order valence-corrected chi connectivity index (χ4v) is 13.8. The van der Waals surface area contributed by atoms with Crippen molar-refractivity contribution in [3.63, 3.8) is 0 Å². The summed E-state index contributed by atoms with van der Waals surface area (Å²) in [6.45, 7) is 20.9. The fourth-order valence-electron chi connectivity index (χ4n) is 5.79. The number of fused-ring (bicyclic) bond motifs is 3. The number of esters is 2. The van der Waals surface area contributed by atoms with Gasteiger partial charge in [-0.2, -0.15) is 0 Å². The number of hydrogen-bond acceptors (Lipinski definition) is 5. The largest absolute Gasteiger partial charge is 1.00 e. The Morgan fingerprint density at radius 3 is 1.57 bits per heavy atom. The summed E-state index contributed by atoms with van der Waals surface area (Å²) in [6.07, 6.45) is 0. The molecule has 3 aromatic rings. The molecule has 9 heteroatoms. The molecule has 0 heterocycles. The van der Waals surface area contributed by atoms with Crippen molar-refractivity contribution in [2.45, 2.75) is 84.2 Å². The van der Waals surface area contributed by atoms with Crippen LogP contribution in [0.2, 0.25) is 39.3 Å².